The maximum absolute atomic E-state index is 12.6. The van der Waals surface area contributed by atoms with Crippen molar-refractivity contribution < 1.29 is 9.59 Å². The molecule has 2 aliphatic rings. The molecule has 1 aromatic heterocycles. The molecule has 7 nitrogen and oxygen atoms in total. The highest BCUT2D eigenvalue weighted by atomic mass is 16.2. The van der Waals surface area contributed by atoms with Gasteiger partial charge < -0.3 is 20.1 Å². The van der Waals surface area contributed by atoms with Crippen molar-refractivity contribution in [3.63, 3.8) is 0 Å². The number of aryl methyl sites for hydroxylation is 1. The zero-order valence-corrected chi connectivity index (χ0v) is 16.1. The minimum Gasteiger partial charge on any atom is -0.358 e. The van der Waals surface area contributed by atoms with Crippen LogP contribution in [0.15, 0.2) is 48.8 Å². The van der Waals surface area contributed by atoms with Crippen LogP contribution in [0.25, 0.3) is 11.0 Å². The molecule has 2 aromatic carbocycles. The fraction of sp³-hybridized carbons (Fsp3) is 0.318. The summed E-state index contributed by atoms with van der Waals surface area (Å²) < 4.78 is 2.10. The van der Waals surface area contributed by atoms with Crippen molar-refractivity contribution >= 4 is 34.2 Å². The molecule has 2 N–H and O–H groups in total. The summed E-state index contributed by atoms with van der Waals surface area (Å²) in [5, 5.41) is 5.93. The van der Waals surface area contributed by atoms with Crippen LogP contribution >= 0.6 is 0 Å². The third kappa shape index (κ3) is 3.22. The second-order valence-corrected chi connectivity index (χ2v) is 7.61. The number of nitrogens with zero attached hydrogens (tertiary/aromatic N) is 3. The molecule has 5 rings (SSSR count). The lowest BCUT2D eigenvalue weighted by molar-refractivity contribution is -0.117. The number of imidazole rings is 1. The fourth-order valence-corrected chi connectivity index (χ4v) is 4.31. The van der Waals surface area contributed by atoms with Crippen LogP contribution < -0.4 is 15.5 Å². The van der Waals surface area contributed by atoms with Crippen molar-refractivity contribution in [2.24, 2.45) is 0 Å². The van der Waals surface area contributed by atoms with Gasteiger partial charge in [0.25, 0.3) is 5.91 Å². The predicted octanol–water partition coefficient (Wildman–Crippen LogP) is 2.78. The summed E-state index contributed by atoms with van der Waals surface area (Å²) in [6, 6.07) is 13.5. The summed E-state index contributed by atoms with van der Waals surface area (Å²) in [4.78, 5) is 31.4. The smallest absolute Gasteiger partial charge is 0.251 e. The minimum atomic E-state index is -0.124. The van der Waals surface area contributed by atoms with E-state index in [1.807, 2.05) is 42.7 Å². The third-order valence-electron chi connectivity index (χ3n) is 5.77. The molecule has 2 aliphatic heterocycles. The topological polar surface area (TPSA) is 79.3 Å². The Morgan fingerprint density at radius 3 is 3.07 bits per heavy atom. The lowest BCUT2D eigenvalue weighted by Gasteiger charge is -2.33. The number of benzene rings is 2. The Kier molecular flexibility index (Phi) is 4.42. The number of carbonyl (C=O) groups is 2. The van der Waals surface area contributed by atoms with E-state index in [0.29, 0.717) is 12.1 Å². The number of fused-ring (bicyclic) bond motifs is 4. The maximum atomic E-state index is 12.6. The quantitative estimate of drug-likeness (QED) is 0.658. The SMILES string of the molecule is O=C(NCCCn1cnc2ccccc21)c1ccc2c(c1)NC(=O)C1CCCN21. The lowest BCUT2D eigenvalue weighted by atomic mass is 10.1. The Bertz CT molecular complexity index is 1090. The molecule has 148 valence electrons. The van der Waals surface area contributed by atoms with Crippen molar-refractivity contribution in [3.8, 4) is 0 Å². The first-order valence-corrected chi connectivity index (χ1v) is 10.1. The van der Waals surface area contributed by atoms with Gasteiger partial charge in [-0.2, -0.15) is 0 Å². The number of aromatic nitrogens is 2. The van der Waals surface area contributed by atoms with E-state index in [4.69, 9.17) is 0 Å². The molecular formula is C22H23N5O2. The largest absolute Gasteiger partial charge is 0.358 e. The van der Waals surface area contributed by atoms with Gasteiger partial charge in [-0.05, 0) is 49.6 Å². The standard InChI is InChI=1S/C22H23N5O2/c28-21(23-10-4-11-26-14-24-16-5-1-2-6-18(16)26)15-8-9-19-17(13-15)25-22(29)20-7-3-12-27(19)20/h1-2,5-6,8-9,13-14,20H,3-4,7,10-12H2,(H,23,28)(H,25,29). The van der Waals surface area contributed by atoms with E-state index in [9.17, 15) is 9.59 Å². The van der Waals surface area contributed by atoms with Gasteiger partial charge in [-0.1, -0.05) is 12.1 Å². The van der Waals surface area contributed by atoms with Gasteiger partial charge >= 0.3 is 0 Å². The average molecular weight is 389 g/mol. The average Bonchev–Trinajstić information content (AvgIpc) is 3.39. The molecule has 3 heterocycles. The molecule has 1 atom stereocenters. The minimum absolute atomic E-state index is 0.0279. The van der Waals surface area contributed by atoms with Crippen LogP contribution in [-0.4, -0.2) is 40.5 Å². The fourth-order valence-electron chi connectivity index (χ4n) is 4.31. The van der Waals surface area contributed by atoms with E-state index < -0.39 is 0 Å². The Morgan fingerprint density at radius 2 is 2.14 bits per heavy atom. The molecule has 29 heavy (non-hydrogen) atoms. The second kappa shape index (κ2) is 7.24. The number of nitrogens with one attached hydrogen (secondary N) is 2. The van der Waals surface area contributed by atoms with Crippen LogP contribution in [0.2, 0.25) is 0 Å². The second-order valence-electron chi connectivity index (χ2n) is 7.61. The maximum Gasteiger partial charge on any atom is 0.251 e. The highest BCUT2D eigenvalue weighted by Gasteiger charge is 2.36. The van der Waals surface area contributed by atoms with E-state index in [2.05, 4.69) is 25.1 Å². The van der Waals surface area contributed by atoms with Gasteiger partial charge in [0.2, 0.25) is 5.91 Å². The monoisotopic (exact) mass is 389 g/mol. The first kappa shape index (κ1) is 17.7. The molecule has 0 saturated carbocycles. The van der Waals surface area contributed by atoms with E-state index in [0.717, 1.165) is 54.8 Å². The van der Waals surface area contributed by atoms with E-state index in [1.165, 1.54) is 0 Å². The number of hydrogen-bond donors (Lipinski definition) is 2. The van der Waals surface area contributed by atoms with Crippen molar-refractivity contribution in [1.29, 1.82) is 0 Å². The van der Waals surface area contributed by atoms with E-state index in [-0.39, 0.29) is 17.9 Å². The molecule has 0 spiro atoms. The normalized spacial score (nSPS) is 17.7. The van der Waals surface area contributed by atoms with Gasteiger partial charge in [-0.3, -0.25) is 9.59 Å². The summed E-state index contributed by atoms with van der Waals surface area (Å²) in [5.41, 5.74) is 4.38. The van der Waals surface area contributed by atoms with Crippen LogP contribution in [0, 0.1) is 0 Å². The van der Waals surface area contributed by atoms with Crippen molar-refractivity contribution in [1.82, 2.24) is 14.9 Å². The van der Waals surface area contributed by atoms with Gasteiger partial charge in [0, 0.05) is 25.2 Å². The highest BCUT2D eigenvalue weighted by Crippen LogP contribution is 2.37. The molecule has 2 amide bonds. The third-order valence-corrected chi connectivity index (χ3v) is 5.77. The summed E-state index contributed by atoms with van der Waals surface area (Å²) in [6.07, 6.45) is 4.55. The molecule has 3 aromatic rings. The van der Waals surface area contributed by atoms with Gasteiger partial charge in [0.15, 0.2) is 0 Å². The molecule has 7 heteroatoms. The van der Waals surface area contributed by atoms with Crippen LogP contribution in [0.4, 0.5) is 11.4 Å². The highest BCUT2D eigenvalue weighted by molar-refractivity contribution is 6.06. The van der Waals surface area contributed by atoms with Crippen LogP contribution in [-0.2, 0) is 11.3 Å². The summed E-state index contributed by atoms with van der Waals surface area (Å²) >= 11 is 0. The number of carbonyl (C=O) groups excluding carboxylic acids is 2. The van der Waals surface area contributed by atoms with Crippen molar-refractivity contribution in [2.75, 3.05) is 23.3 Å². The van der Waals surface area contributed by atoms with Crippen molar-refractivity contribution in [3.05, 3.63) is 54.4 Å². The Balaban J connectivity index is 1.20. The van der Waals surface area contributed by atoms with E-state index in [1.54, 1.807) is 6.07 Å². The van der Waals surface area contributed by atoms with Crippen LogP contribution in [0.1, 0.15) is 29.6 Å². The number of amides is 2. The molecule has 1 saturated heterocycles. The zero-order chi connectivity index (χ0) is 19.8. The molecule has 1 unspecified atom stereocenters. The lowest BCUT2D eigenvalue weighted by Crippen LogP contribution is -2.44. The summed E-state index contributed by atoms with van der Waals surface area (Å²) in [7, 11) is 0. The summed E-state index contributed by atoms with van der Waals surface area (Å²) in [6.45, 7) is 2.25. The molecule has 1 fully saturated rings. The van der Waals surface area contributed by atoms with E-state index >= 15 is 0 Å². The Morgan fingerprint density at radius 1 is 1.24 bits per heavy atom. The zero-order valence-electron chi connectivity index (χ0n) is 16.1. The van der Waals surface area contributed by atoms with Crippen LogP contribution in [0.5, 0.6) is 0 Å². The molecular weight excluding hydrogens is 366 g/mol. The number of hydrogen-bond acceptors (Lipinski definition) is 4. The molecule has 0 aliphatic carbocycles. The van der Waals surface area contributed by atoms with Gasteiger partial charge in [-0.25, -0.2) is 4.98 Å². The predicted molar refractivity (Wildman–Crippen MR) is 112 cm³/mol. The molecule has 0 bridgehead atoms. The molecule has 0 radical (unpaired) electrons. The van der Waals surface area contributed by atoms with Gasteiger partial charge in [0.05, 0.1) is 28.7 Å². The first-order valence-electron chi connectivity index (χ1n) is 10.1. The Labute approximate surface area is 168 Å². The summed E-state index contributed by atoms with van der Waals surface area (Å²) in [5.74, 6) is -0.0961. The van der Waals surface area contributed by atoms with Crippen molar-refractivity contribution in [2.45, 2.75) is 31.8 Å². The van der Waals surface area contributed by atoms with Crippen LogP contribution in [0.3, 0.4) is 0 Å². The first-order chi connectivity index (χ1) is 14.2. The number of para-hydroxylation sites is 2. The Hall–Kier alpha value is -3.35. The number of anilines is 2. The van der Waals surface area contributed by atoms with Gasteiger partial charge in [-0.15, -0.1) is 0 Å². The van der Waals surface area contributed by atoms with Gasteiger partial charge in [0.1, 0.15) is 6.04 Å². The number of rotatable bonds is 5.